The maximum Gasteiger partial charge on any atom is 0.417 e. The second kappa shape index (κ2) is 7.37. The molecule has 0 saturated carbocycles. The molecule has 1 N–H and O–H groups in total. The number of hydrogen-bond donors (Lipinski definition) is 1. The Hall–Kier alpha value is -1.93. The normalized spacial score (nSPS) is 16.9. The SMILES string of the molecule is O=C(CN1CCOCC1)NN=Cc1ccccc1C(F)(F)F. The molecule has 1 amide bonds. The fraction of sp³-hybridized carbons (Fsp3) is 0.429. The van der Waals surface area contributed by atoms with Crippen LogP contribution in [0.1, 0.15) is 11.1 Å². The van der Waals surface area contributed by atoms with E-state index >= 15 is 0 Å². The number of hydrazone groups is 1. The number of carbonyl (C=O) groups excluding carboxylic acids is 1. The van der Waals surface area contributed by atoms with E-state index in [1.54, 1.807) is 0 Å². The first-order valence-corrected chi connectivity index (χ1v) is 6.75. The molecule has 0 unspecified atom stereocenters. The van der Waals surface area contributed by atoms with Crippen molar-refractivity contribution < 1.29 is 22.7 Å². The lowest BCUT2D eigenvalue weighted by atomic mass is 10.1. The Morgan fingerprint density at radius 2 is 2.00 bits per heavy atom. The van der Waals surface area contributed by atoms with Crippen LogP contribution in [0, 0.1) is 0 Å². The molecule has 8 heteroatoms. The summed E-state index contributed by atoms with van der Waals surface area (Å²) in [6, 6.07) is 5.04. The molecule has 0 aliphatic carbocycles. The quantitative estimate of drug-likeness (QED) is 0.676. The minimum Gasteiger partial charge on any atom is -0.379 e. The Kier molecular flexibility index (Phi) is 5.51. The molecule has 0 atom stereocenters. The Morgan fingerprint density at radius 1 is 1.32 bits per heavy atom. The van der Waals surface area contributed by atoms with Crippen LogP contribution in [-0.2, 0) is 15.7 Å². The number of nitrogens with zero attached hydrogens (tertiary/aromatic N) is 2. The zero-order chi connectivity index (χ0) is 16.0. The molecule has 2 rings (SSSR count). The van der Waals surface area contributed by atoms with Gasteiger partial charge in [0.2, 0.25) is 0 Å². The summed E-state index contributed by atoms with van der Waals surface area (Å²) in [6.45, 7) is 2.56. The molecular weight excluding hydrogens is 299 g/mol. The van der Waals surface area contributed by atoms with Crippen molar-refractivity contribution in [3.63, 3.8) is 0 Å². The lowest BCUT2D eigenvalue weighted by molar-refractivity contribution is -0.137. The van der Waals surface area contributed by atoms with Crippen LogP contribution >= 0.6 is 0 Å². The van der Waals surface area contributed by atoms with Crippen LogP contribution in [0.3, 0.4) is 0 Å². The topological polar surface area (TPSA) is 53.9 Å². The van der Waals surface area contributed by atoms with Gasteiger partial charge >= 0.3 is 6.18 Å². The summed E-state index contributed by atoms with van der Waals surface area (Å²) in [5.74, 6) is -0.373. The van der Waals surface area contributed by atoms with Crippen LogP contribution < -0.4 is 5.43 Å². The summed E-state index contributed by atoms with van der Waals surface area (Å²) in [7, 11) is 0. The molecule has 1 heterocycles. The van der Waals surface area contributed by atoms with Crippen molar-refractivity contribution in [2.45, 2.75) is 6.18 Å². The number of amides is 1. The van der Waals surface area contributed by atoms with E-state index in [-0.39, 0.29) is 18.0 Å². The van der Waals surface area contributed by atoms with Gasteiger partial charge in [-0.05, 0) is 6.07 Å². The molecule has 5 nitrogen and oxygen atoms in total. The zero-order valence-electron chi connectivity index (χ0n) is 11.8. The number of halogens is 3. The van der Waals surface area contributed by atoms with Gasteiger partial charge in [0.25, 0.3) is 5.91 Å². The predicted octanol–water partition coefficient (Wildman–Crippen LogP) is 1.49. The number of benzene rings is 1. The minimum absolute atomic E-state index is 0.0957. The van der Waals surface area contributed by atoms with Crippen molar-refractivity contribution in [2.75, 3.05) is 32.8 Å². The summed E-state index contributed by atoms with van der Waals surface area (Å²) in [5.41, 5.74) is 1.35. The second-order valence-electron chi connectivity index (χ2n) is 4.77. The molecule has 1 saturated heterocycles. The largest absolute Gasteiger partial charge is 0.417 e. The number of nitrogens with one attached hydrogen (secondary N) is 1. The molecule has 0 radical (unpaired) electrons. The van der Waals surface area contributed by atoms with E-state index in [0.29, 0.717) is 26.3 Å². The van der Waals surface area contributed by atoms with E-state index in [1.807, 2.05) is 4.90 Å². The van der Waals surface area contributed by atoms with E-state index in [0.717, 1.165) is 12.3 Å². The van der Waals surface area contributed by atoms with Gasteiger partial charge in [0.05, 0.1) is 31.5 Å². The number of rotatable bonds is 4. The molecule has 1 aromatic carbocycles. The van der Waals surface area contributed by atoms with E-state index < -0.39 is 11.7 Å². The first-order chi connectivity index (χ1) is 10.5. The van der Waals surface area contributed by atoms with Gasteiger partial charge in [-0.15, -0.1) is 0 Å². The van der Waals surface area contributed by atoms with Gasteiger partial charge in [0.15, 0.2) is 0 Å². The molecule has 120 valence electrons. The van der Waals surface area contributed by atoms with E-state index in [1.165, 1.54) is 18.2 Å². The molecule has 1 aliphatic rings. The lowest BCUT2D eigenvalue weighted by Gasteiger charge is -2.25. The highest BCUT2D eigenvalue weighted by Crippen LogP contribution is 2.30. The Balaban J connectivity index is 1.91. The number of alkyl halides is 3. The average Bonchev–Trinajstić information content (AvgIpc) is 2.48. The van der Waals surface area contributed by atoms with Gasteiger partial charge < -0.3 is 4.74 Å². The van der Waals surface area contributed by atoms with Crippen molar-refractivity contribution in [1.29, 1.82) is 0 Å². The van der Waals surface area contributed by atoms with Crippen LogP contribution in [0.25, 0.3) is 0 Å². The Labute approximate surface area is 125 Å². The molecule has 22 heavy (non-hydrogen) atoms. The van der Waals surface area contributed by atoms with Crippen molar-refractivity contribution in [1.82, 2.24) is 10.3 Å². The number of carbonyl (C=O) groups is 1. The Morgan fingerprint density at radius 3 is 2.68 bits per heavy atom. The molecular formula is C14H16F3N3O2. The van der Waals surface area contributed by atoms with Crippen LogP contribution in [0.4, 0.5) is 13.2 Å². The molecule has 1 aliphatic heterocycles. The number of ether oxygens (including phenoxy) is 1. The van der Waals surface area contributed by atoms with Gasteiger partial charge in [0, 0.05) is 18.7 Å². The molecule has 0 spiro atoms. The monoisotopic (exact) mass is 315 g/mol. The van der Waals surface area contributed by atoms with Crippen LogP contribution in [-0.4, -0.2) is 49.9 Å². The van der Waals surface area contributed by atoms with E-state index in [9.17, 15) is 18.0 Å². The highest BCUT2D eigenvalue weighted by Gasteiger charge is 2.32. The van der Waals surface area contributed by atoms with Crippen LogP contribution in [0.15, 0.2) is 29.4 Å². The number of morpholine rings is 1. The lowest BCUT2D eigenvalue weighted by Crippen LogP contribution is -2.42. The fourth-order valence-corrected chi connectivity index (χ4v) is 2.04. The zero-order valence-corrected chi connectivity index (χ0v) is 11.8. The first-order valence-electron chi connectivity index (χ1n) is 6.75. The maximum atomic E-state index is 12.8. The van der Waals surface area contributed by atoms with Crippen molar-refractivity contribution in [3.05, 3.63) is 35.4 Å². The molecule has 1 aromatic rings. The fourth-order valence-electron chi connectivity index (χ4n) is 2.04. The van der Waals surface area contributed by atoms with E-state index in [2.05, 4.69) is 10.5 Å². The first kappa shape index (κ1) is 16.4. The van der Waals surface area contributed by atoms with Crippen molar-refractivity contribution in [2.24, 2.45) is 5.10 Å². The van der Waals surface area contributed by atoms with Gasteiger partial charge in [-0.2, -0.15) is 18.3 Å². The van der Waals surface area contributed by atoms with Crippen molar-refractivity contribution >= 4 is 12.1 Å². The summed E-state index contributed by atoms with van der Waals surface area (Å²) >= 11 is 0. The highest BCUT2D eigenvalue weighted by atomic mass is 19.4. The highest BCUT2D eigenvalue weighted by molar-refractivity contribution is 5.84. The van der Waals surface area contributed by atoms with Gasteiger partial charge in [0.1, 0.15) is 0 Å². The van der Waals surface area contributed by atoms with E-state index in [4.69, 9.17) is 4.74 Å². The van der Waals surface area contributed by atoms with Crippen LogP contribution in [0.2, 0.25) is 0 Å². The third-order valence-electron chi connectivity index (χ3n) is 3.13. The number of hydrogen-bond acceptors (Lipinski definition) is 4. The van der Waals surface area contributed by atoms with Gasteiger partial charge in [-0.25, -0.2) is 5.43 Å². The summed E-state index contributed by atoms with van der Waals surface area (Å²) in [6.07, 6.45) is -3.46. The third-order valence-corrected chi connectivity index (χ3v) is 3.13. The van der Waals surface area contributed by atoms with Gasteiger partial charge in [-0.1, -0.05) is 18.2 Å². The molecule has 1 fully saturated rings. The summed E-state index contributed by atoms with van der Waals surface area (Å²) in [4.78, 5) is 13.5. The van der Waals surface area contributed by atoms with Crippen molar-refractivity contribution in [3.8, 4) is 0 Å². The standard InChI is InChI=1S/C14H16F3N3O2/c15-14(16,17)12-4-2-1-3-11(12)9-18-19-13(21)10-20-5-7-22-8-6-20/h1-4,9H,5-8,10H2,(H,19,21). The molecule has 0 bridgehead atoms. The predicted molar refractivity (Wildman–Crippen MR) is 74.4 cm³/mol. The Bertz CT molecular complexity index is 540. The minimum atomic E-state index is -4.46. The third kappa shape index (κ3) is 4.81. The summed E-state index contributed by atoms with van der Waals surface area (Å²) < 4.78 is 43.5. The molecule has 0 aromatic heterocycles. The maximum absolute atomic E-state index is 12.8. The second-order valence-corrected chi connectivity index (χ2v) is 4.77. The average molecular weight is 315 g/mol. The smallest absolute Gasteiger partial charge is 0.379 e. The van der Waals surface area contributed by atoms with Gasteiger partial charge in [-0.3, -0.25) is 9.69 Å². The summed E-state index contributed by atoms with van der Waals surface area (Å²) in [5, 5.41) is 3.60. The van der Waals surface area contributed by atoms with Crippen LogP contribution in [0.5, 0.6) is 0 Å².